The van der Waals surface area contributed by atoms with Gasteiger partial charge in [0.25, 0.3) is 0 Å². The first kappa shape index (κ1) is 21.5. The summed E-state index contributed by atoms with van der Waals surface area (Å²) >= 11 is 0. The van der Waals surface area contributed by atoms with Crippen LogP contribution in [0.25, 0.3) is 0 Å². The summed E-state index contributed by atoms with van der Waals surface area (Å²) in [5.41, 5.74) is 0.787. The number of esters is 1. The Bertz CT molecular complexity index is 724. The molecular weight excluding hydrogens is 382 g/mol. The maximum Gasteiger partial charge on any atom is 0.313 e. The van der Waals surface area contributed by atoms with Gasteiger partial charge in [0.15, 0.2) is 0 Å². The normalized spacial score (nSPS) is 30.5. The predicted octanol–water partition coefficient (Wildman–Crippen LogP) is 2.35. The van der Waals surface area contributed by atoms with E-state index in [1.54, 1.807) is 13.3 Å². The summed E-state index contributed by atoms with van der Waals surface area (Å²) in [4.78, 5) is 22.4. The van der Waals surface area contributed by atoms with Crippen LogP contribution in [-0.4, -0.2) is 79.9 Å². The summed E-state index contributed by atoms with van der Waals surface area (Å²) < 4.78 is 16.4. The second kappa shape index (κ2) is 9.62. The van der Waals surface area contributed by atoms with Crippen molar-refractivity contribution in [3.63, 3.8) is 0 Å². The Morgan fingerprint density at radius 3 is 2.90 bits per heavy atom. The van der Waals surface area contributed by atoms with Crippen molar-refractivity contribution < 1.29 is 19.0 Å². The molecule has 0 unspecified atom stereocenters. The highest BCUT2D eigenvalue weighted by molar-refractivity contribution is 5.78. The van der Waals surface area contributed by atoms with Gasteiger partial charge in [-0.15, -0.1) is 0 Å². The predicted molar refractivity (Wildman–Crippen MR) is 113 cm³/mol. The minimum absolute atomic E-state index is 0.00689. The van der Waals surface area contributed by atoms with Crippen LogP contribution in [0.5, 0.6) is 5.88 Å². The maximum absolute atomic E-state index is 13.2. The first-order chi connectivity index (χ1) is 14.6. The molecule has 2 saturated heterocycles. The first-order valence-electron chi connectivity index (χ1n) is 11.3. The van der Waals surface area contributed by atoms with Crippen LogP contribution >= 0.6 is 0 Å². The van der Waals surface area contributed by atoms with Gasteiger partial charge in [0.1, 0.15) is 0 Å². The van der Waals surface area contributed by atoms with Crippen molar-refractivity contribution in [1.29, 1.82) is 0 Å². The molecule has 1 aromatic heterocycles. The Morgan fingerprint density at radius 2 is 2.13 bits per heavy atom. The van der Waals surface area contributed by atoms with Gasteiger partial charge in [-0.1, -0.05) is 0 Å². The average Bonchev–Trinajstić information content (AvgIpc) is 2.79. The van der Waals surface area contributed by atoms with Crippen molar-refractivity contribution in [2.75, 3.05) is 53.1 Å². The van der Waals surface area contributed by atoms with Gasteiger partial charge >= 0.3 is 5.97 Å². The molecular formula is C23H35N3O4. The first-order valence-corrected chi connectivity index (χ1v) is 11.3. The van der Waals surface area contributed by atoms with E-state index in [-0.39, 0.29) is 11.4 Å². The summed E-state index contributed by atoms with van der Waals surface area (Å²) in [5.74, 6) is 1.03. The van der Waals surface area contributed by atoms with Gasteiger partial charge in [-0.2, -0.15) is 0 Å². The van der Waals surface area contributed by atoms with Crippen molar-refractivity contribution in [1.82, 2.24) is 14.8 Å². The number of likely N-dealkylation sites (tertiary alicyclic amines) is 1. The number of hydrogen-bond donors (Lipinski definition) is 0. The highest BCUT2D eigenvalue weighted by Crippen LogP contribution is 2.48. The zero-order chi connectivity index (χ0) is 21.0. The quantitative estimate of drug-likeness (QED) is 0.659. The van der Waals surface area contributed by atoms with Crippen LogP contribution in [0.15, 0.2) is 18.3 Å². The van der Waals surface area contributed by atoms with Crippen LogP contribution in [-0.2, 0) is 20.8 Å². The van der Waals surface area contributed by atoms with Crippen LogP contribution in [0.1, 0.15) is 38.2 Å². The van der Waals surface area contributed by atoms with Crippen LogP contribution < -0.4 is 4.74 Å². The molecule has 3 fully saturated rings. The monoisotopic (exact) mass is 417 g/mol. The molecule has 7 heteroatoms. The summed E-state index contributed by atoms with van der Waals surface area (Å²) in [6.07, 6.45) is 5.90. The summed E-state index contributed by atoms with van der Waals surface area (Å²) in [6.45, 7) is 8.62. The number of rotatable bonds is 6. The molecule has 1 aromatic rings. The van der Waals surface area contributed by atoms with E-state index in [1.807, 2.05) is 19.1 Å². The Labute approximate surface area is 179 Å². The largest absolute Gasteiger partial charge is 0.481 e. The zero-order valence-corrected chi connectivity index (χ0v) is 18.3. The van der Waals surface area contributed by atoms with Crippen molar-refractivity contribution in [2.24, 2.45) is 11.3 Å². The topological polar surface area (TPSA) is 64.1 Å². The second-order valence-electron chi connectivity index (χ2n) is 8.86. The lowest BCUT2D eigenvalue weighted by Gasteiger charge is -2.52. The van der Waals surface area contributed by atoms with E-state index in [9.17, 15) is 4.79 Å². The molecule has 1 saturated carbocycles. The molecule has 0 spiro atoms. The standard InChI is InChI=1S/C23H35N3O4/c1-3-30-22(27)23-7-4-20(26-10-12-29-13-11-26)15-19(23)6-9-25(17-23)16-18-5-8-24-21(14-18)28-2/h5,8,14,19-20H,3-4,6-7,9-13,15-17H2,1-2H3/t19-,20-,23-/m1/s1. The number of ether oxygens (including phenoxy) is 3. The zero-order valence-electron chi connectivity index (χ0n) is 18.3. The highest BCUT2D eigenvalue weighted by Gasteiger charge is 2.53. The van der Waals surface area contributed by atoms with E-state index >= 15 is 0 Å². The number of methoxy groups -OCH3 is 1. The third kappa shape index (κ3) is 4.48. The van der Waals surface area contributed by atoms with Crippen LogP contribution in [0.3, 0.4) is 0 Å². The minimum atomic E-state index is -0.381. The van der Waals surface area contributed by atoms with Crippen molar-refractivity contribution in [3.8, 4) is 5.88 Å². The number of aromatic nitrogens is 1. The third-order valence-corrected chi connectivity index (χ3v) is 7.22. The van der Waals surface area contributed by atoms with Gasteiger partial charge in [0, 0.05) is 44.5 Å². The molecule has 0 amide bonds. The Kier molecular flexibility index (Phi) is 6.91. The third-order valence-electron chi connectivity index (χ3n) is 7.22. The molecule has 2 aliphatic heterocycles. The molecule has 0 bridgehead atoms. The van der Waals surface area contributed by atoms with Gasteiger partial charge in [0.2, 0.25) is 5.88 Å². The molecule has 166 valence electrons. The molecule has 0 radical (unpaired) electrons. The minimum Gasteiger partial charge on any atom is -0.481 e. The lowest BCUT2D eigenvalue weighted by molar-refractivity contribution is -0.170. The number of carbonyl (C=O) groups is 1. The van der Waals surface area contributed by atoms with Crippen molar-refractivity contribution >= 4 is 5.97 Å². The fourth-order valence-electron chi connectivity index (χ4n) is 5.65. The fraction of sp³-hybridized carbons (Fsp3) is 0.739. The van der Waals surface area contributed by atoms with Crippen LogP contribution in [0, 0.1) is 11.3 Å². The summed E-state index contributed by atoms with van der Waals surface area (Å²) in [7, 11) is 1.64. The molecule has 3 atom stereocenters. The number of pyridine rings is 1. The molecule has 7 nitrogen and oxygen atoms in total. The van der Waals surface area contributed by atoms with Gasteiger partial charge in [-0.05, 0) is 56.7 Å². The molecule has 3 aliphatic rings. The van der Waals surface area contributed by atoms with E-state index < -0.39 is 0 Å². The maximum atomic E-state index is 13.2. The van der Waals surface area contributed by atoms with E-state index in [1.165, 1.54) is 5.56 Å². The number of fused-ring (bicyclic) bond motifs is 1. The Morgan fingerprint density at radius 1 is 1.30 bits per heavy atom. The summed E-state index contributed by atoms with van der Waals surface area (Å²) in [5, 5.41) is 0. The number of nitrogens with zero attached hydrogens (tertiary/aromatic N) is 3. The highest BCUT2D eigenvalue weighted by atomic mass is 16.5. The Balaban J connectivity index is 1.48. The van der Waals surface area contributed by atoms with Gasteiger partial charge in [0.05, 0.1) is 32.3 Å². The number of hydrogen-bond acceptors (Lipinski definition) is 7. The van der Waals surface area contributed by atoms with E-state index in [0.29, 0.717) is 24.4 Å². The van der Waals surface area contributed by atoms with Gasteiger partial charge < -0.3 is 14.2 Å². The lowest BCUT2D eigenvalue weighted by atomic mass is 9.61. The van der Waals surface area contributed by atoms with Crippen molar-refractivity contribution in [3.05, 3.63) is 23.9 Å². The van der Waals surface area contributed by atoms with Gasteiger partial charge in [-0.25, -0.2) is 4.98 Å². The molecule has 3 heterocycles. The van der Waals surface area contributed by atoms with Gasteiger partial charge in [-0.3, -0.25) is 14.6 Å². The van der Waals surface area contributed by atoms with Crippen molar-refractivity contribution in [2.45, 2.75) is 45.2 Å². The molecule has 4 rings (SSSR count). The fourth-order valence-corrected chi connectivity index (χ4v) is 5.65. The second-order valence-corrected chi connectivity index (χ2v) is 8.86. The number of morpholine rings is 1. The van der Waals surface area contributed by atoms with E-state index in [4.69, 9.17) is 14.2 Å². The van der Waals surface area contributed by atoms with E-state index in [0.717, 1.165) is 71.6 Å². The SMILES string of the molecule is CCOC(=O)[C@@]12CC[C@@H](N3CCOCC3)C[C@H]1CCN(Cc1ccnc(OC)c1)C2. The van der Waals surface area contributed by atoms with Crippen LogP contribution in [0.2, 0.25) is 0 Å². The van der Waals surface area contributed by atoms with E-state index in [2.05, 4.69) is 14.8 Å². The number of piperidine rings is 1. The molecule has 0 N–H and O–H groups in total. The number of carbonyl (C=O) groups excluding carboxylic acids is 1. The summed E-state index contributed by atoms with van der Waals surface area (Å²) in [6, 6.07) is 4.58. The average molecular weight is 418 g/mol. The molecule has 1 aliphatic carbocycles. The smallest absolute Gasteiger partial charge is 0.313 e. The lowest BCUT2D eigenvalue weighted by Crippen LogP contribution is -2.58. The molecule has 30 heavy (non-hydrogen) atoms. The Hall–Kier alpha value is -1.70. The molecule has 0 aromatic carbocycles. The van der Waals surface area contributed by atoms with Crippen LogP contribution in [0.4, 0.5) is 0 Å².